The highest BCUT2D eigenvalue weighted by Crippen LogP contribution is 2.28. The third-order valence-corrected chi connectivity index (χ3v) is 5.81. The number of benzene rings is 2. The van der Waals surface area contributed by atoms with Gasteiger partial charge in [-0.25, -0.2) is 4.79 Å². The highest BCUT2D eigenvalue weighted by atomic mass is 16.6. The summed E-state index contributed by atoms with van der Waals surface area (Å²) in [5.41, 5.74) is 2.35. The van der Waals surface area contributed by atoms with Gasteiger partial charge in [0.25, 0.3) is 0 Å². The van der Waals surface area contributed by atoms with E-state index < -0.39 is 29.3 Å². The Kier molecular flexibility index (Phi) is 10.5. The van der Waals surface area contributed by atoms with Gasteiger partial charge in [-0.15, -0.1) is 0 Å². The molecule has 2 rings (SSSR count). The van der Waals surface area contributed by atoms with Crippen LogP contribution >= 0.6 is 0 Å². The minimum absolute atomic E-state index is 0.260. The van der Waals surface area contributed by atoms with Gasteiger partial charge in [0.1, 0.15) is 17.7 Å². The van der Waals surface area contributed by atoms with Gasteiger partial charge in [-0.3, -0.25) is 9.59 Å². The summed E-state index contributed by atoms with van der Waals surface area (Å²) >= 11 is 0. The normalized spacial score (nSPS) is 13.3. The number of carbonyl (C=O) groups excluding carboxylic acids is 3. The minimum Gasteiger partial charge on any atom is -0.444 e. The fourth-order valence-electron chi connectivity index (χ4n) is 4.25. The number of aryl methyl sites for hydroxylation is 2. The zero-order valence-corrected chi connectivity index (χ0v) is 24.5. The number of hydrogen-bond acceptors (Lipinski definition) is 4. The molecule has 0 aliphatic heterocycles. The van der Waals surface area contributed by atoms with E-state index in [2.05, 4.69) is 10.6 Å². The topological polar surface area (TPSA) is 87.7 Å². The predicted molar refractivity (Wildman–Crippen MR) is 152 cm³/mol. The van der Waals surface area contributed by atoms with Gasteiger partial charge < -0.3 is 20.3 Å². The maximum Gasteiger partial charge on any atom is 0.408 e. The lowest BCUT2D eigenvalue weighted by molar-refractivity contribution is -0.143. The lowest BCUT2D eigenvalue weighted by Crippen LogP contribution is -2.55. The van der Waals surface area contributed by atoms with Crippen molar-refractivity contribution in [3.05, 3.63) is 70.8 Å². The van der Waals surface area contributed by atoms with Gasteiger partial charge in [0.05, 0.1) is 0 Å². The lowest BCUT2D eigenvalue weighted by atomic mass is 9.94. The van der Waals surface area contributed by atoms with Crippen molar-refractivity contribution < 1.29 is 19.1 Å². The second kappa shape index (κ2) is 12.9. The van der Waals surface area contributed by atoms with Gasteiger partial charge in [0, 0.05) is 18.5 Å². The lowest BCUT2D eigenvalue weighted by Gasteiger charge is -2.36. The highest BCUT2D eigenvalue weighted by Gasteiger charge is 2.37. The third-order valence-electron chi connectivity index (χ3n) is 5.81. The Labute approximate surface area is 228 Å². The fraction of sp³-hybridized carbons (Fsp3) is 0.516. The van der Waals surface area contributed by atoms with Gasteiger partial charge in [-0.05, 0) is 78.5 Å². The van der Waals surface area contributed by atoms with E-state index in [0.717, 1.165) is 22.3 Å². The molecule has 2 unspecified atom stereocenters. The predicted octanol–water partition coefficient (Wildman–Crippen LogP) is 5.63. The molecule has 0 aliphatic carbocycles. The standard InChI is InChI=1S/C31H45N3O4/c1-10-18-34(26(27(35)33-30(4,5)6)24-19-21(2)16-17-22(24)3)28(36)25(20-23-14-12-11-13-15-23)32-29(37)38-31(7,8)9/h11-17,19,25-26H,10,18,20H2,1-9H3,(H,32,37)(H,33,35). The van der Waals surface area contributed by atoms with E-state index in [1.165, 1.54) is 0 Å². The first-order valence-corrected chi connectivity index (χ1v) is 13.3. The zero-order chi connectivity index (χ0) is 28.7. The number of ether oxygens (including phenoxy) is 1. The van der Waals surface area contributed by atoms with Crippen LogP contribution in [-0.2, 0) is 20.7 Å². The maximum absolute atomic E-state index is 14.3. The molecule has 0 spiro atoms. The molecule has 7 nitrogen and oxygen atoms in total. The number of carbonyl (C=O) groups is 3. The minimum atomic E-state index is -0.922. The molecule has 0 aliphatic rings. The van der Waals surface area contributed by atoms with Crippen LogP contribution in [0.15, 0.2) is 48.5 Å². The zero-order valence-electron chi connectivity index (χ0n) is 24.5. The third kappa shape index (κ3) is 9.51. The molecule has 7 heteroatoms. The second-order valence-corrected chi connectivity index (χ2v) is 11.9. The van der Waals surface area contributed by atoms with Crippen LogP contribution in [0.5, 0.6) is 0 Å². The van der Waals surface area contributed by atoms with Crippen LogP contribution in [0, 0.1) is 13.8 Å². The molecule has 2 aromatic rings. The Morgan fingerprint density at radius 3 is 2.13 bits per heavy atom. The fourth-order valence-corrected chi connectivity index (χ4v) is 4.25. The Morgan fingerprint density at radius 1 is 0.947 bits per heavy atom. The molecule has 0 saturated heterocycles. The summed E-state index contributed by atoms with van der Waals surface area (Å²) < 4.78 is 5.49. The van der Waals surface area contributed by atoms with Crippen LogP contribution in [0.1, 0.15) is 83.2 Å². The molecular weight excluding hydrogens is 478 g/mol. The van der Waals surface area contributed by atoms with Crippen LogP contribution in [0.2, 0.25) is 0 Å². The molecular formula is C31H45N3O4. The summed E-state index contributed by atoms with van der Waals surface area (Å²) in [7, 11) is 0. The van der Waals surface area contributed by atoms with Crippen LogP contribution in [0.25, 0.3) is 0 Å². The second-order valence-electron chi connectivity index (χ2n) is 11.9. The van der Waals surface area contributed by atoms with Crippen molar-refractivity contribution in [2.75, 3.05) is 6.54 Å². The molecule has 38 heavy (non-hydrogen) atoms. The maximum atomic E-state index is 14.3. The van der Waals surface area contributed by atoms with Crippen LogP contribution in [0.4, 0.5) is 4.79 Å². The van der Waals surface area contributed by atoms with Crippen molar-refractivity contribution in [2.45, 2.75) is 98.4 Å². The SMILES string of the molecule is CCCN(C(=O)C(Cc1ccccc1)NC(=O)OC(C)(C)C)C(C(=O)NC(C)(C)C)c1cc(C)ccc1C. The molecule has 2 N–H and O–H groups in total. The monoisotopic (exact) mass is 523 g/mol. The molecule has 3 amide bonds. The molecule has 208 valence electrons. The van der Waals surface area contributed by atoms with Crippen LogP contribution in [-0.4, -0.2) is 46.5 Å². The van der Waals surface area contributed by atoms with Crippen molar-refractivity contribution in [3.8, 4) is 0 Å². The number of amides is 3. The van der Waals surface area contributed by atoms with Crippen LogP contribution < -0.4 is 10.6 Å². The summed E-state index contributed by atoms with van der Waals surface area (Å²) in [4.78, 5) is 42.5. The Balaban J connectivity index is 2.58. The van der Waals surface area contributed by atoms with E-state index in [4.69, 9.17) is 4.74 Å². The van der Waals surface area contributed by atoms with Crippen molar-refractivity contribution in [2.24, 2.45) is 0 Å². The molecule has 2 atom stereocenters. The molecule has 0 aromatic heterocycles. The summed E-state index contributed by atoms with van der Waals surface area (Å²) in [6.07, 6.45) is 0.227. The molecule has 0 heterocycles. The molecule has 0 radical (unpaired) electrons. The average Bonchev–Trinajstić information content (AvgIpc) is 2.78. The number of rotatable bonds is 9. The van der Waals surface area contributed by atoms with Crippen LogP contribution in [0.3, 0.4) is 0 Å². The van der Waals surface area contributed by atoms with Gasteiger partial charge >= 0.3 is 6.09 Å². The van der Waals surface area contributed by atoms with Gasteiger partial charge in [-0.1, -0.05) is 61.0 Å². The van der Waals surface area contributed by atoms with E-state index in [1.54, 1.807) is 25.7 Å². The van der Waals surface area contributed by atoms with E-state index in [1.807, 2.05) is 90.1 Å². The average molecular weight is 524 g/mol. The Morgan fingerprint density at radius 2 is 1.58 bits per heavy atom. The quantitative estimate of drug-likeness (QED) is 0.446. The smallest absolute Gasteiger partial charge is 0.408 e. The number of nitrogens with one attached hydrogen (secondary N) is 2. The van der Waals surface area contributed by atoms with Crippen molar-refractivity contribution in [1.29, 1.82) is 0 Å². The first kappa shape index (κ1) is 30.9. The van der Waals surface area contributed by atoms with E-state index in [-0.39, 0.29) is 18.2 Å². The Hall–Kier alpha value is -3.35. The molecule has 0 saturated carbocycles. The van der Waals surface area contributed by atoms with E-state index in [0.29, 0.717) is 13.0 Å². The van der Waals surface area contributed by atoms with Crippen molar-refractivity contribution >= 4 is 17.9 Å². The van der Waals surface area contributed by atoms with Gasteiger partial charge in [0.2, 0.25) is 11.8 Å². The summed E-state index contributed by atoms with van der Waals surface area (Å²) in [6, 6.07) is 13.7. The first-order chi connectivity index (χ1) is 17.6. The largest absolute Gasteiger partial charge is 0.444 e. The van der Waals surface area contributed by atoms with E-state index >= 15 is 0 Å². The molecule has 2 aromatic carbocycles. The summed E-state index contributed by atoms with van der Waals surface area (Å²) in [5, 5.41) is 5.87. The number of hydrogen-bond donors (Lipinski definition) is 2. The van der Waals surface area contributed by atoms with E-state index in [9.17, 15) is 14.4 Å². The molecule has 0 fully saturated rings. The number of nitrogens with zero attached hydrogens (tertiary/aromatic N) is 1. The van der Waals surface area contributed by atoms with Gasteiger partial charge in [-0.2, -0.15) is 0 Å². The first-order valence-electron chi connectivity index (χ1n) is 13.3. The highest BCUT2D eigenvalue weighted by molar-refractivity contribution is 5.92. The van der Waals surface area contributed by atoms with Crippen molar-refractivity contribution in [3.63, 3.8) is 0 Å². The Bertz CT molecular complexity index is 1100. The summed E-state index contributed by atoms with van der Waals surface area (Å²) in [6.45, 7) is 17.3. The number of alkyl carbamates (subject to hydrolysis) is 1. The molecule has 0 bridgehead atoms. The van der Waals surface area contributed by atoms with Crippen molar-refractivity contribution in [1.82, 2.24) is 15.5 Å². The van der Waals surface area contributed by atoms with Gasteiger partial charge in [0.15, 0.2) is 0 Å². The summed E-state index contributed by atoms with van der Waals surface area (Å²) in [5.74, 6) is -0.597.